The third kappa shape index (κ3) is 4.42. The molecule has 0 bridgehead atoms. The molecule has 1 aromatic carbocycles. The van der Waals surface area contributed by atoms with Crippen molar-refractivity contribution in [2.45, 2.75) is 32.3 Å². The van der Waals surface area contributed by atoms with Crippen molar-refractivity contribution in [2.75, 3.05) is 18.0 Å². The van der Waals surface area contributed by atoms with Crippen LogP contribution in [0.4, 0.5) is 10.3 Å². The Kier molecular flexibility index (Phi) is 5.71. The molecule has 4 aromatic rings. The fourth-order valence-electron chi connectivity index (χ4n) is 3.63. The van der Waals surface area contributed by atoms with Gasteiger partial charge in [-0.2, -0.15) is 0 Å². The molecule has 164 valence electrons. The highest BCUT2D eigenvalue weighted by Crippen LogP contribution is 2.31. The van der Waals surface area contributed by atoms with Crippen LogP contribution in [0.15, 0.2) is 42.3 Å². The minimum Gasteiger partial charge on any atom is -0.484 e. The summed E-state index contributed by atoms with van der Waals surface area (Å²) < 4.78 is 21.4. The molecular weight excluding hydrogens is 431 g/mol. The second-order valence-corrected chi connectivity index (χ2v) is 8.55. The van der Waals surface area contributed by atoms with Crippen molar-refractivity contribution in [3.8, 4) is 11.4 Å². The topological polar surface area (TPSA) is 94.7 Å². The van der Waals surface area contributed by atoms with Crippen LogP contribution in [0.3, 0.4) is 0 Å². The maximum atomic E-state index is 14.4. The number of hydrogen-bond donors (Lipinski definition) is 0. The molecule has 0 saturated carbocycles. The number of aryl methyl sites for hydroxylation is 1. The lowest BCUT2D eigenvalue weighted by molar-refractivity contribution is 0.286. The van der Waals surface area contributed by atoms with Gasteiger partial charge in [-0.25, -0.2) is 24.0 Å². The van der Waals surface area contributed by atoms with E-state index in [1.165, 1.54) is 17.1 Å². The molecule has 1 aliphatic rings. The van der Waals surface area contributed by atoms with Crippen LogP contribution >= 0.6 is 11.3 Å². The monoisotopic (exact) mass is 452 g/mol. The summed E-state index contributed by atoms with van der Waals surface area (Å²) in [6.07, 6.45) is 7.11. The SMILES string of the molecule is Cc1cnc(N2CCC(c3nc(COc4ccc(-n5cnnn5)cc4F)cs3)CC2)nc1. The van der Waals surface area contributed by atoms with Gasteiger partial charge >= 0.3 is 0 Å². The summed E-state index contributed by atoms with van der Waals surface area (Å²) in [6, 6.07) is 4.61. The van der Waals surface area contributed by atoms with E-state index in [0.717, 1.165) is 48.1 Å². The molecule has 0 spiro atoms. The van der Waals surface area contributed by atoms with Crippen molar-refractivity contribution in [1.82, 2.24) is 35.2 Å². The number of aromatic nitrogens is 7. The van der Waals surface area contributed by atoms with Crippen LogP contribution < -0.4 is 9.64 Å². The largest absolute Gasteiger partial charge is 0.484 e. The number of thiazole rings is 1. The van der Waals surface area contributed by atoms with E-state index >= 15 is 0 Å². The maximum absolute atomic E-state index is 14.4. The van der Waals surface area contributed by atoms with E-state index in [4.69, 9.17) is 9.72 Å². The third-order valence-corrected chi connectivity index (χ3v) is 6.42. The molecule has 32 heavy (non-hydrogen) atoms. The lowest BCUT2D eigenvalue weighted by Gasteiger charge is -2.31. The van der Waals surface area contributed by atoms with Crippen molar-refractivity contribution < 1.29 is 9.13 Å². The quantitative estimate of drug-likeness (QED) is 0.440. The highest BCUT2D eigenvalue weighted by molar-refractivity contribution is 7.09. The molecule has 0 N–H and O–H groups in total. The number of ether oxygens (including phenoxy) is 1. The third-order valence-electron chi connectivity index (χ3n) is 5.37. The lowest BCUT2D eigenvalue weighted by atomic mass is 9.98. The van der Waals surface area contributed by atoms with Crippen molar-refractivity contribution >= 4 is 17.3 Å². The van der Waals surface area contributed by atoms with Gasteiger partial charge in [-0.1, -0.05) is 0 Å². The molecule has 0 unspecified atom stereocenters. The Balaban J connectivity index is 1.17. The fraction of sp³-hybridized carbons (Fsp3) is 0.333. The van der Waals surface area contributed by atoms with E-state index in [9.17, 15) is 4.39 Å². The van der Waals surface area contributed by atoms with Gasteiger partial charge in [0.15, 0.2) is 11.6 Å². The number of rotatable bonds is 6. The summed E-state index contributed by atoms with van der Waals surface area (Å²) in [5, 5.41) is 13.9. The van der Waals surface area contributed by atoms with Crippen LogP contribution in [0, 0.1) is 12.7 Å². The first-order chi connectivity index (χ1) is 15.7. The molecule has 11 heteroatoms. The first-order valence-electron chi connectivity index (χ1n) is 10.3. The van der Waals surface area contributed by atoms with Gasteiger partial charge in [-0.05, 0) is 47.9 Å². The second kappa shape index (κ2) is 8.95. The van der Waals surface area contributed by atoms with Crippen LogP contribution in [-0.4, -0.2) is 48.2 Å². The minimum atomic E-state index is -0.473. The van der Waals surface area contributed by atoms with Crippen molar-refractivity contribution in [3.63, 3.8) is 0 Å². The number of anilines is 1. The molecule has 3 aromatic heterocycles. The zero-order valence-electron chi connectivity index (χ0n) is 17.4. The van der Waals surface area contributed by atoms with Gasteiger partial charge in [0.25, 0.3) is 0 Å². The molecule has 0 atom stereocenters. The van der Waals surface area contributed by atoms with Crippen LogP contribution in [0.2, 0.25) is 0 Å². The zero-order chi connectivity index (χ0) is 21.9. The lowest BCUT2D eigenvalue weighted by Crippen LogP contribution is -2.34. The summed E-state index contributed by atoms with van der Waals surface area (Å²) >= 11 is 1.64. The van der Waals surface area contributed by atoms with E-state index < -0.39 is 5.82 Å². The van der Waals surface area contributed by atoms with E-state index in [0.29, 0.717) is 11.6 Å². The maximum Gasteiger partial charge on any atom is 0.225 e. The molecule has 0 aliphatic carbocycles. The van der Waals surface area contributed by atoms with Crippen LogP contribution in [0.5, 0.6) is 5.75 Å². The Morgan fingerprint density at radius 1 is 1.19 bits per heavy atom. The summed E-state index contributed by atoms with van der Waals surface area (Å²) in [4.78, 5) is 15.8. The average Bonchev–Trinajstić information content (AvgIpc) is 3.52. The van der Waals surface area contributed by atoms with Gasteiger partial charge in [0, 0.05) is 42.8 Å². The molecular formula is C21H21FN8OS. The van der Waals surface area contributed by atoms with E-state index in [1.54, 1.807) is 23.5 Å². The van der Waals surface area contributed by atoms with Gasteiger partial charge in [-0.15, -0.1) is 16.4 Å². The normalized spacial score (nSPS) is 14.6. The number of nitrogens with zero attached hydrogens (tertiary/aromatic N) is 8. The fourth-order valence-corrected chi connectivity index (χ4v) is 4.61. The summed E-state index contributed by atoms with van der Waals surface area (Å²) in [6.45, 7) is 4.00. The highest BCUT2D eigenvalue weighted by atomic mass is 32.1. The summed E-state index contributed by atoms with van der Waals surface area (Å²) in [5.74, 6) is 0.889. The Bertz CT molecular complexity index is 1170. The number of piperidine rings is 1. The summed E-state index contributed by atoms with van der Waals surface area (Å²) in [7, 11) is 0. The second-order valence-electron chi connectivity index (χ2n) is 7.66. The molecule has 1 aliphatic heterocycles. The number of hydrogen-bond acceptors (Lipinski definition) is 9. The Hall–Kier alpha value is -3.47. The Labute approximate surface area is 187 Å². The van der Waals surface area contributed by atoms with Gasteiger partial charge in [0.2, 0.25) is 5.95 Å². The van der Waals surface area contributed by atoms with Gasteiger partial charge < -0.3 is 9.64 Å². The molecule has 0 amide bonds. The number of tetrazole rings is 1. The van der Waals surface area contributed by atoms with Gasteiger partial charge in [-0.3, -0.25) is 0 Å². The predicted molar refractivity (Wildman–Crippen MR) is 117 cm³/mol. The summed E-state index contributed by atoms with van der Waals surface area (Å²) in [5.41, 5.74) is 2.39. The minimum absolute atomic E-state index is 0.169. The van der Waals surface area contributed by atoms with Crippen LogP contribution in [0.25, 0.3) is 5.69 Å². The molecule has 5 rings (SSSR count). The van der Waals surface area contributed by atoms with Gasteiger partial charge in [0.05, 0.1) is 16.4 Å². The van der Waals surface area contributed by atoms with Crippen molar-refractivity contribution in [1.29, 1.82) is 0 Å². The number of halogens is 1. The Morgan fingerprint density at radius 2 is 2.00 bits per heavy atom. The predicted octanol–water partition coefficient (Wildman–Crippen LogP) is 3.32. The van der Waals surface area contributed by atoms with E-state index in [2.05, 4.69) is 30.4 Å². The van der Waals surface area contributed by atoms with E-state index in [-0.39, 0.29) is 12.4 Å². The molecule has 4 heterocycles. The van der Waals surface area contributed by atoms with E-state index in [1.807, 2.05) is 24.7 Å². The smallest absolute Gasteiger partial charge is 0.225 e. The highest BCUT2D eigenvalue weighted by Gasteiger charge is 2.24. The first kappa shape index (κ1) is 20.4. The zero-order valence-corrected chi connectivity index (χ0v) is 18.2. The first-order valence-corrected chi connectivity index (χ1v) is 11.2. The average molecular weight is 453 g/mol. The van der Waals surface area contributed by atoms with Crippen LogP contribution in [-0.2, 0) is 6.61 Å². The number of benzene rings is 1. The van der Waals surface area contributed by atoms with Crippen molar-refractivity contribution in [3.05, 3.63) is 64.4 Å². The Morgan fingerprint density at radius 3 is 2.72 bits per heavy atom. The van der Waals surface area contributed by atoms with Crippen LogP contribution in [0.1, 0.15) is 35.0 Å². The van der Waals surface area contributed by atoms with Crippen molar-refractivity contribution in [2.24, 2.45) is 0 Å². The molecule has 0 radical (unpaired) electrons. The molecule has 1 fully saturated rings. The molecule has 1 saturated heterocycles. The molecule has 9 nitrogen and oxygen atoms in total. The van der Waals surface area contributed by atoms with Gasteiger partial charge in [0.1, 0.15) is 12.9 Å². The standard InChI is InChI=1S/C21H21FN8OS/c1-14-9-23-21(24-10-14)29-6-4-15(5-7-29)20-26-16(12-32-20)11-31-19-3-2-17(8-18(19)22)30-13-25-27-28-30/h2-3,8-10,12-13,15H,4-7,11H2,1H3.